The third-order valence-electron chi connectivity index (χ3n) is 4.31. The summed E-state index contributed by atoms with van der Waals surface area (Å²) in [6, 6.07) is 4.75. The average molecular weight is 438 g/mol. The second kappa shape index (κ2) is 7.71. The number of amides is 2. The van der Waals surface area contributed by atoms with Gasteiger partial charge in [-0.3, -0.25) is 5.32 Å². The second-order valence-corrected chi connectivity index (χ2v) is 7.06. The molecule has 0 atom stereocenters. The summed E-state index contributed by atoms with van der Waals surface area (Å²) in [5.74, 6) is 0.840. The van der Waals surface area contributed by atoms with Crippen LogP contribution in [-0.2, 0) is 6.18 Å². The van der Waals surface area contributed by atoms with Crippen LogP contribution in [-0.4, -0.2) is 47.1 Å². The number of nitrogens with zero attached hydrogens (tertiary/aromatic N) is 5. The van der Waals surface area contributed by atoms with Gasteiger partial charge in [0.15, 0.2) is 16.6 Å². The van der Waals surface area contributed by atoms with Gasteiger partial charge in [0.1, 0.15) is 6.07 Å². The van der Waals surface area contributed by atoms with Gasteiger partial charge in [-0.1, -0.05) is 0 Å². The summed E-state index contributed by atoms with van der Waals surface area (Å²) >= 11 is 0.704. The number of anilines is 2. The molecule has 1 aliphatic rings. The van der Waals surface area contributed by atoms with Gasteiger partial charge in [-0.25, -0.2) is 9.78 Å². The van der Waals surface area contributed by atoms with E-state index in [1.165, 1.54) is 11.2 Å². The van der Waals surface area contributed by atoms with Crippen molar-refractivity contribution in [2.24, 2.45) is 0 Å². The van der Waals surface area contributed by atoms with E-state index in [2.05, 4.69) is 15.3 Å². The lowest BCUT2D eigenvalue weighted by molar-refractivity contribution is -0.140. The minimum absolute atomic E-state index is 0.0989. The monoisotopic (exact) mass is 438 g/mol. The van der Waals surface area contributed by atoms with Gasteiger partial charge >= 0.3 is 12.2 Å². The maximum absolute atomic E-state index is 12.6. The van der Waals surface area contributed by atoms with Crippen molar-refractivity contribution in [3.05, 3.63) is 35.2 Å². The van der Waals surface area contributed by atoms with Crippen molar-refractivity contribution in [3.8, 4) is 17.7 Å². The minimum atomic E-state index is -4.56. The summed E-state index contributed by atoms with van der Waals surface area (Å²) in [5, 5.41) is 12.4. The van der Waals surface area contributed by atoms with E-state index in [-0.39, 0.29) is 35.7 Å². The van der Waals surface area contributed by atoms with E-state index in [0.29, 0.717) is 30.2 Å². The molecule has 1 saturated heterocycles. The molecule has 0 aromatic carbocycles. The van der Waals surface area contributed by atoms with E-state index in [1.807, 2.05) is 6.07 Å². The zero-order valence-electron chi connectivity index (χ0n) is 15.1. The molecule has 3 aromatic heterocycles. The Morgan fingerprint density at radius 3 is 2.63 bits per heavy atom. The molecule has 156 valence electrons. The molecule has 4 rings (SSSR count). The number of urea groups is 1. The number of thiazole rings is 1. The van der Waals surface area contributed by atoms with Crippen LogP contribution in [0.3, 0.4) is 0 Å². The summed E-state index contributed by atoms with van der Waals surface area (Å²) in [5.41, 5.74) is -0.948. The molecule has 0 saturated carbocycles. The average Bonchev–Trinajstić information content (AvgIpc) is 3.47. The fraction of sp³-hybridized carbons (Fsp3) is 0.294. The molecule has 0 aliphatic carbocycles. The number of nitrogens with one attached hydrogen (secondary N) is 1. The van der Waals surface area contributed by atoms with Crippen LogP contribution in [0.5, 0.6) is 0 Å². The van der Waals surface area contributed by atoms with E-state index in [9.17, 15) is 23.2 Å². The normalized spacial score (nSPS) is 14.6. The van der Waals surface area contributed by atoms with E-state index < -0.39 is 17.9 Å². The maximum atomic E-state index is 12.6. The number of nitriles is 1. The molecule has 0 unspecified atom stereocenters. The molecule has 1 aliphatic heterocycles. The lowest BCUT2D eigenvalue weighted by atomic mass is 10.3. The molecule has 9 nitrogen and oxygen atoms in total. The van der Waals surface area contributed by atoms with Gasteiger partial charge in [-0.15, -0.1) is 11.3 Å². The van der Waals surface area contributed by atoms with Crippen molar-refractivity contribution < 1.29 is 26.8 Å². The van der Waals surface area contributed by atoms with Gasteiger partial charge < -0.3 is 18.6 Å². The van der Waals surface area contributed by atoms with Crippen molar-refractivity contribution in [1.82, 2.24) is 14.9 Å². The molecule has 0 radical (unpaired) electrons. The van der Waals surface area contributed by atoms with Crippen LogP contribution >= 0.6 is 11.3 Å². The van der Waals surface area contributed by atoms with E-state index >= 15 is 0 Å². The minimum Gasteiger partial charge on any atom is -0.459 e. The molecule has 0 spiro atoms. The topological polar surface area (TPSA) is 111 Å². The summed E-state index contributed by atoms with van der Waals surface area (Å²) in [6.07, 6.45) is -3.10. The molecule has 13 heteroatoms. The highest BCUT2D eigenvalue weighted by atomic mass is 32.1. The van der Waals surface area contributed by atoms with Gasteiger partial charge in [0, 0.05) is 31.6 Å². The van der Waals surface area contributed by atoms with Crippen molar-refractivity contribution >= 4 is 28.4 Å². The lowest BCUT2D eigenvalue weighted by Crippen LogP contribution is -2.50. The smallest absolute Gasteiger partial charge is 0.434 e. The van der Waals surface area contributed by atoms with Gasteiger partial charge in [0.05, 0.1) is 6.26 Å². The molecule has 0 bridgehead atoms. The number of rotatable bonds is 3. The van der Waals surface area contributed by atoms with Crippen LogP contribution < -0.4 is 10.2 Å². The Hall–Kier alpha value is -3.53. The SMILES string of the molecule is N#Cc1nc(-c2ccco2)oc1N1CCN(C(=O)Nc2nc(C(F)(F)F)cs2)CC1. The van der Waals surface area contributed by atoms with Crippen LogP contribution in [0.25, 0.3) is 11.7 Å². The first-order valence-corrected chi connectivity index (χ1v) is 9.51. The Balaban J connectivity index is 1.39. The van der Waals surface area contributed by atoms with Crippen LogP contribution in [0.4, 0.5) is 29.0 Å². The Morgan fingerprint density at radius 2 is 2.03 bits per heavy atom. The fourth-order valence-electron chi connectivity index (χ4n) is 2.85. The van der Waals surface area contributed by atoms with E-state index in [1.54, 1.807) is 17.0 Å². The highest BCUT2D eigenvalue weighted by Gasteiger charge is 2.34. The molecule has 30 heavy (non-hydrogen) atoms. The number of carbonyl (C=O) groups is 1. The van der Waals surface area contributed by atoms with E-state index in [4.69, 9.17) is 8.83 Å². The summed E-state index contributed by atoms with van der Waals surface area (Å²) in [7, 11) is 0. The van der Waals surface area contributed by atoms with Crippen molar-refractivity contribution in [2.45, 2.75) is 6.18 Å². The van der Waals surface area contributed by atoms with Crippen LogP contribution in [0.2, 0.25) is 0 Å². The Bertz CT molecular complexity index is 1080. The van der Waals surface area contributed by atoms with Gasteiger partial charge in [-0.05, 0) is 12.1 Å². The fourth-order valence-corrected chi connectivity index (χ4v) is 3.56. The van der Waals surface area contributed by atoms with Crippen LogP contribution in [0.15, 0.2) is 32.6 Å². The number of piperazine rings is 1. The van der Waals surface area contributed by atoms with Crippen molar-refractivity contribution in [3.63, 3.8) is 0 Å². The predicted molar refractivity (Wildman–Crippen MR) is 98.8 cm³/mol. The maximum Gasteiger partial charge on any atom is 0.434 e. The highest BCUT2D eigenvalue weighted by Crippen LogP contribution is 2.32. The van der Waals surface area contributed by atoms with Gasteiger partial charge in [0.2, 0.25) is 11.6 Å². The number of carbonyl (C=O) groups excluding carboxylic acids is 1. The molecule has 2 amide bonds. The summed E-state index contributed by atoms with van der Waals surface area (Å²) < 4.78 is 48.8. The molecule has 1 N–H and O–H groups in total. The van der Waals surface area contributed by atoms with Crippen molar-refractivity contribution in [1.29, 1.82) is 5.26 Å². The van der Waals surface area contributed by atoms with Gasteiger partial charge in [0.25, 0.3) is 5.89 Å². The van der Waals surface area contributed by atoms with Crippen LogP contribution in [0, 0.1) is 11.3 Å². The molecular weight excluding hydrogens is 425 g/mol. The highest BCUT2D eigenvalue weighted by molar-refractivity contribution is 7.13. The quantitative estimate of drug-likeness (QED) is 0.665. The first-order valence-electron chi connectivity index (χ1n) is 8.63. The van der Waals surface area contributed by atoms with Crippen LogP contribution in [0.1, 0.15) is 11.4 Å². The zero-order valence-corrected chi connectivity index (χ0v) is 16.0. The standard InChI is InChI=1S/C17H13F3N6O3S/c18-17(19,20)12-9-30-15(23-12)24-16(27)26-5-3-25(4-6-26)14-10(8-21)22-13(29-14)11-2-1-7-28-11/h1-2,7,9H,3-6H2,(H,23,24,27). The first-order chi connectivity index (χ1) is 14.3. The van der Waals surface area contributed by atoms with Crippen molar-refractivity contribution in [2.75, 3.05) is 36.4 Å². The predicted octanol–water partition coefficient (Wildman–Crippen LogP) is 3.64. The first kappa shape index (κ1) is 19.8. The number of hydrogen-bond acceptors (Lipinski definition) is 8. The third kappa shape index (κ3) is 3.94. The Morgan fingerprint density at radius 1 is 1.27 bits per heavy atom. The number of hydrogen-bond donors (Lipinski definition) is 1. The third-order valence-corrected chi connectivity index (χ3v) is 5.07. The van der Waals surface area contributed by atoms with E-state index in [0.717, 1.165) is 5.38 Å². The number of oxazole rings is 1. The Labute approximate surface area is 171 Å². The summed E-state index contributed by atoms with van der Waals surface area (Å²) in [4.78, 5) is 23.1. The number of aromatic nitrogens is 2. The zero-order chi connectivity index (χ0) is 21.3. The molecule has 3 aromatic rings. The number of alkyl halides is 3. The lowest BCUT2D eigenvalue weighted by Gasteiger charge is -2.34. The Kier molecular flexibility index (Phi) is 5.08. The number of furan rings is 1. The molecule has 4 heterocycles. The number of halogens is 3. The largest absolute Gasteiger partial charge is 0.459 e. The van der Waals surface area contributed by atoms with Gasteiger partial charge in [-0.2, -0.15) is 23.4 Å². The summed E-state index contributed by atoms with van der Waals surface area (Å²) in [6.45, 7) is 1.23. The molecular formula is C17H13F3N6O3S. The second-order valence-electron chi connectivity index (χ2n) is 6.20. The molecule has 1 fully saturated rings.